The number of unbranched alkanes of at least 4 members (excludes halogenated alkanes) is 2. The molecule has 0 bridgehead atoms. The molecule has 2 amide bonds. The van der Waals surface area contributed by atoms with Crippen molar-refractivity contribution in [2.24, 2.45) is 0 Å². The monoisotopic (exact) mass is 274 g/mol. The molecular formula is C13H26N2O4. The molecule has 0 aromatic rings. The minimum absolute atomic E-state index is 0.149. The Morgan fingerprint density at radius 3 is 2.37 bits per heavy atom. The van der Waals surface area contributed by atoms with E-state index in [4.69, 9.17) is 9.47 Å². The van der Waals surface area contributed by atoms with Gasteiger partial charge in [0.05, 0.1) is 13.2 Å². The van der Waals surface area contributed by atoms with Gasteiger partial charge in [-0.2, -0.15) is 0 Å². The third-order valence-electron chi connectivity index (χ3n) is 2.38. The molecule has 0 unspecified atom stereocenters. The second-order valence-electron chi connectivity index (χ2n) is 4.00. The second kappa shape index (κ2) is 13.1. The van der Waals surface area contributed by atoms with Crippen LogP contribution >= 0.6 is 0 Å². The van der Waals surface area contributed by atoms with Crippen LogP contribution in [0.1, 0.15) is 39.5 Å². The lowest BCUT2D eigenvalue weighted by molar-refractivity contribution is -0.143. The van der Waals surface area contributed by atoms with E-state index in [2.05, 4.69) is 10.6 Å². The maximum atomic E-state index is 11.3. The van der Waals surface area contributed by atoms with Crippen LogP contribution in [0.25, 0.3) is 0 Å². The summed E-state index contributed by atoms with van der Waals surface area (Å²) in [6.45, 7) is 6.46. The van der Waals surface area contributed by atoms with E-state index in [1.54, 1.807) is 6.92 Å². The lowest BCUT2D eigenvalue weighted by atomic mass is 10.2. The molecule has 0 heterocycles. The fourth-order valence-electron chi connectivity index (χ4n) is 1.45. The summed E-state index contributed by atoms with van der Waals surface area (Å²) in [5.74, 6) is -0.149. The van der Waals surface area contributed by atoms with E-state index in [0.717, 1.165) is 19.3 Å². The molecule has 6 heteroatoms. The Bertz CT molecular complexity index is 247. The maximum Gasteiger partial charge on any atom is 0.314 e. The van der Waals surface area contributed by atoms with Crippen LogP contribution in [0.2, 0.25) is 0 Å². The minimum atomic E-state index is -0.176. The summed E-state index contributed by atoms with van der Waals surface area (Å²) in [4.78, 5) is 22.3. The number of esters is 1. The number of carbonyl (C=O) groups is 2. The first-order valence-electron chi connectivity index (χ1n) is 6.95. The zero-order valence-electron chi connectivity index (χ0n) is 12.0. The van der Waals surface area contributed by atoms with Gasteiger partial charge in [-0.15, -0.1) is 0 Å². The summed E-state index contributed by atoms with van der Waals surface area (Å²) in [5.41, 5.74) is 0. The molecule has 6 nitrogen and oxygen atoms in total. The third kappa shape index (κ3) is 12.9. The van der Waals surface area contributed by atoms with Gasteiger partial charge in [0, 0.05) is 26.1 Å². The van der Waals surface area contributed by atoms with Crippen molar-refractivity contribution in [3.05, 3.63) is 0 Å². The van der Waals surface area contributed by atoms with E-state index in [1.807, 2.05) is 6.92 Å². The highest BCUT2D eigenvalue weighted by atomic mass is 16.5. The number of nitrogens with one attached hydrogen (secondary N) is 2. The number of amides is 2. The van der Waals surface area contributed by atoms with Crippen LogP contribution in [0.4, 0.5) is 4.79 Å². The lowest BCUT2D eigenvalue weighted by Gasteiger charge is -2.07. The Balaban J connectivity index is 3.25. The Morgan fingerprint density at radius 2 is 1.68 bits per heavy atom. The van der Waals surface area contributed by atoms with Gasteiger partial charge in [0.1, 0.15) is 0 Å². The van der Waals surface area contributed by atoms with Crippen LogP contribution in [0, 0.1) is 0 Å². The molecule has 0 atom stereocenters. The van der Waals surface area contributed by atoms with Gasteiger partial charge < -0.3 is 20.1 Å². The molecule has 19 heavy (non-hydrogen) atoms. The summed E-state index contributed by atoms with van der Waals surface area (Å²) in [5, 5.41) is 5.45. The molecule has 0 aromatic heterocycles. The predicted molar refractivity (Wildman–Crippen MR) is 73.0 cm³/mol. The summed E-state index contributed by atoms with van der Waals surface area (Å²) >= 11 is 0. The van der Waals surface area contributed by atoms with Gasteiger partial charge in [-0.3, -0.25) is 4.79 Å². The zero-order valence-corrected chi connectivity index (χ0v) is 12.0. The molecular weight excluding hydrogens is 248 g/mol. The molecule has 0 saturated carbocycles. The van der Waals surface area contributed by atoms with Gasteiger partial charge in [0.25, 0.3) is 0 Å². The fourth-order valence-corrected chi connectivity index (χ4v) is 1.45. The number of carbonyl (C=O) groups excluding carboxylic acids is 2. The van der Waals surface area contributed by atoms with E-state index in [-0.39, 0.29) is 12.0 Å². The van der Waals surface area contributed by atoms with Crippen LogP contribution < -0.4 is 10.6 Å². The van der Waals surface area contributed by atoms with E-state index >= 15 is 0 Å². The highest BCUT2D eigenvalue weighted by molar-refractivity contribution is 5.73. The zero-order chi connectivity index (χ0) is 14.3. The van der Waals surface area contributed by atoms with E-state index in [1.165, 1.54) is 0 Å². The highest BCUT2D eigenvalue weighted by Crippen LogP contribution is 2.00. The molecule has 112 valence electrons. The first-order valence-corrected chi connectivity index (χ1v) is 6.95. The van der Waals surface area contributed by atoms with Crippen LogP contribution in [0.3, 0.4) is 0 Å². The normalized spacial score (nSPS) is 10.0. The van der Waals surface area contributed by atoms with Crippen LogP contribution in [-0.4, -0.2) is 44.9 Å². The Labute approximate surface area is 115 Å². The topological polar surface area (TPSA) is 76.7 Å². The molecule has 0 aliphatic heterocycles. The van der Waals surface area contributed by atoms with Crippen molar-refractivity contribution < 1.29 is 19.1 Å². The van der Waals surface area contributed by atoms with E-state index < -0.39 is 0 Å². The Hall–Kier alpha value is -1.30. The van der Waals surface area contributed by atoms with Crippen molar-refractivity contribution in [1.82, 2.24) is 10.6 Å². The molecule has 0 fully saturated rings. The maximum absolute atomic E-state index is 11.3. The first-order chi connectivity index (χ1) is 9.20. The Kier molecular flexibility index (Phi) is 12.2. The third-order valence-corrected chi connectivity index (χ3v) is 2.38. The van der Waals surface area contributed by atoms with Crippen molar-refractivity contribution >= 4 is 12.0 Å². The van der Waals surface area contributed by atoms with Crippen molar-refractivity contribution in [3.63, 3.8) is 0 Å². The minimum Gasteiger partial charge on any atom is -0.466 e. The van der Waals surface area contributed by atoms with Gasteiger partial charge >= 0.3 is 12.0 Å². The molecule has 0 rings (SSSR count). The average Bonchev–Trinajstić information content (AvgIpc) is 2.39. The largest absolute Gasteiger partial charge is 0.466 e. The molecule has 0 radical (unpaired) electrons. The SMILES string of the molecule is CCOCCNC(=O)NCCCCCC(=O)OCC. The smallest absolute Gasteiger partial charge is 0.314 e. The van der Waals surface area contributed by atoms with Crippen LogP contribution in [0.5, 0.6) is 0 Å². The van der Waals surface area contributed by atoms with Gasteiger partial charge in [0.15, 0.2) is 0 Å². The Morgan fingerprint density at radius 1 is 0.947 bits per heavy atom. The van der Waals surface area contributed by atoms with Crippen molar-refractivity contribution in [2.45, 2.75) is 39.5 Å². The van der Waals surface area contributed by atoms with E-state index in [0.29, 0.717) is 39.3 Å². The number of hydrogen-bond donors (Lipinski definition) is 2. The number of rotatable bonds is 11. The number of hydrogen-bond acceptors (Lipinski definition) is 4. The van der Waals surface area contributed by atoms with Gasteiger partial charge in [-0.05, 0) is 26.7 Å². The quantitative estimate of drug-likeness (QED) is 0.441. The van der Waals surface area contributed by atoms with Crippen LogP contribution in [0.15, 0.2) is 0 Å². The van der Waals surface area contributed by atoms with Crippen molar-refractivity contribution in [1.29, 1.82) is 0 Å². The lowest BCUT2D eigenvalue weighted by Crippen LogP contribution is -2.37. The summed E-state index contributed by atoms with van der Waals surface area (Å²) in [6.07, 6.45) is 3.01. The average molecular weight is 274 g/mol. The molecule has 0 spiro atoms. The first kappa shape index (κ1) is 17.7. The number of ether oxygens (including phenoxy) is 2. The molecule has 0 saturated heterocycles. The molecule has 0 aromatic carbocycles. The summed E-state index contributed by atoms with van der Waals surface area (Å²) in [7, 11) is 0. The van der Waals surface area contributed by atoms with E-state index in [9.17, 15) is 9.59 Å². The van der Waals surface area contributed by atoms with Crippen LogP contribution in [-0.2, 0) is 14.3 Å². The van der Waals surface area contributed by atoms with Crippen molar-refractivity contribution in [3.8, 4) is 0 Å². The fraction of sp³-hybridized carbons (Fsp3) is 0.846. The highest BCUT2D eigenvalue weighted by Gasteiger charge is 2.01. The molecule has 0 aliphatic carbocycles. The van der Waals surface area contributed by atoms with Crippen molar-refractivity contribution in [2.75, 3.05) is 32.9 Å². The summed E-state index contributed by atoms with van der Waals surface area (Å²) < 4.78 is 9.92. The predicted octanol–water partition coefficient (Wildman–Crippen LogP) is 1.45. The van der Waals surface area contributed by atoms with Gasteiger partial charge in [-0.1, -0.05) is 6.42 Å². The molecule has 2 N–H and O–H groups in total. The second-order valence-corrected chi connectivity index (χ2v) is 4.00. The standard InChI is InChI=1S/C13H26N2O4/c1-3-18-11-10-15-13(17)14-9-7-5-6-8-12(16)19-4-2/h3-11H2,1-2H3,(H2,14,15,17). The van der Waals surface area contributed by atoms with Gasteiger partial charge in [-0.25, -0.2) is 4.79 Å². The van der Waals surface area contributed by atoms with Gasteiger partial charge in [0.2, 0.25) is 0 Å². The molecule has 0 aliphatic rings. The summed E-state index contributed by atoms with van der Waals surface area (Å²) in [6, 6.07) is -0.176. The number of urea groups is 1.